The van der Waals surface area contributed by atoms with Gasteiger partial charge in [0.25, 0.3) is 11.8 Å². The summed E-state index contributed by atoms with van der Waals surface area (Å²) < 4.78 is 10.5. The average molecular weight is 421 g/mol. The van der Waals surface area contributed by atoms with Gasteiger partial charge in [0, 0.05) is 11.1 Å². The van der Waals surface area contributed by atoms with Gasteiger partial charge in [-0.15, -0.1) is 0 Å². The monoisotopic (exact) mass is 421 g/mol. The SMILES string of the molecule is CCCCOc1ccc(C(=O)NCC(=O)O[C@@H](C)C(=O)NC(=O)NC(C)(C)C)cc1. The summed E-state index contributed by atoms with van der Waals surface area (Å²) in [6.45, 7) is 8.87. The molecular weight excluding hydrogens is 390 g/mol. The molecule has 0 spiro atoms. The zero-order valence-electron chi connectivity index (χ0n) is 18.2. The van der Waals surface area contributed by atoms with Crippen LogP contribution in [0.5, 0.6) is 5.75 Å². The van der Waals surface area contributed by atoms with Crippen molar-refractivity contribution in [3.05, 3.63) is 29.8 Å². The van der Waals surface area contributed by atoms with Crippen molar-refractivity contribution in [1.82, 2.24) is 16.0 Å². The molecule has 0 heterocycles. The summed E-state index contributed by atoms with van der Waals surface area (Å²) in [5.74, 6) is -1.37. The lowest BCUT2D eigenvalue weighted by molar-refractivity contribution is -0.153. The second-order valence-electron chi connectivity index (χ2n) is 7.73. The molecule has 0 saturated heterocycles. The Morgan fingerprint density at radius 3 is 2.27 bits per heavy atom. The number of esters is 1. The summed E-state index contributed by atoms with van der Waals surface area (Å²) in [5.41, 5.74) is -0.163. The van der Waals surface area contributed by atoms with E-state index < -0.39 is 42.0 Å². The van der Waals surface area contributed by atoms with Gasteiger partial charge < -0.3 is 20.1 Å². The van der Waals surface area contributed by atoms with E-state index in [0.717, 1.165) is 12.8 Å². The molecule has 1 aromatic carbocycles. The Morgan fingerprint density at radius 1 is 1.07 bits per heavy atom. The Kier molecular flexibility index (Phi) is 9.80. The molecule has 4 amide bonds. The fraction of sp³-hybridized carbons (Fsp3) is 0.524. The largest absolute Gasteiger partial charge is 0.494 e. The zero-order valence-corrected chi connectivity index (χ0v) is 18.2. The predicted molar refractivity (Wildman–Crippen MR) is 111 cm³/mol. The molecule has 30 heavy (non-hydrogen) atoms. The van der Waals surface area contributed by atoms with Crippen molar-refractivity contribution in [2.45, 2.75) is 59.1 Å². The van der Waals surface area contributed by atoms with Crippen molar-refractivity contribution >= 4 is 23.8 Å². The Bertz CT molecular complexity index is 740. The quantitative estimate of drug-likeness (QED) is 0.415. The van der Waals surface area contributed by atoms with Gasteiger partial charge in [0.1, 0.15) is 12.3 Å². The first-order valence-electron chi connectivity index (χ1n) is 9.85. The van der Waals surface area contributed by atoms with E-state index in [-0.39, 0.29) is 0 Å². The molecule has 166 valence electrons. The van der Waals surface area contributed by atoms with E-state index >= 15 is 0 Å². The summed E-state index contributed by atoms with van der Waals surface area (Å²) in [4.78, 5) is 47.6. The molecule has 1 rings (SSSR count). The molecule has 0 radical (unpaired) electrons. The minimum Gasteiger partial charge on any atom is -0.494 e. The first kappa shape index (κ1) is 24.9. The molecule has 0 aliphatic rings. The zero-order chi connectivity index (χ0) is 22.7. The maximum absolute atomic E-state index is 12.1. The van der Waals surface area contributed by atoms with Gasteiger partial charge >= 0.3 is 12.0 Å². The number of benzene rings is 1. The lowest BCUT2D eigenvalue weighted by Gasteiger charge is -2.21. The molecule has 0 unspecified atom stereocenters. The molecule has 0 saturated carbocycles. The van der Waals surface area contributed by atoms with E-state index in [4.69, 9.17) is 9.47 Å². The van der Waals surface area contributed by atoms with Crippen molar-refractivity contribution in [3.8, 4) is 5.75 Å². The van der Waals surface area contributed by atoms with Crippen molar-refractivity contribution in [2.75, 3.05) is 13.2 Å². The smallest absolute Gasteiger partial charge is 0.326 e. The van der Waals surface area contributed by atoms with Crippen LogP contribution in [0.3, 0.4) is 0 Å². The van der Waals surface area contributed by atoms with Crippen LogP contribution in [0.1, 0.15) is 57.8 Å². The van der Waals surface area contributed by atoms with E-state index in [9.17, 15) is 19.2 Å². The molecule has 1 atom stereocenters. The van der Waals surface area contributed by atoms with Gasteiger partial charge in [-0.1, -0.05) is 13.3 Å². The van der Waals surface area contributed by atoms with Gasteiger partial charge in [-0.2, -0.15) is 0 Å². The fourth-order valence-electron chi connectivity index (χ4n) is 2.17. The number of carbonyl (C=O) groups excluding carboxylic acids is 4. The van der Waals surface area contributed by atoms with Gasteiger partial charge in [-0.3, -0.25) is 19.7 Å². The molecule has 0 aliphatic carbocycles. The highest BCUT2D eigenvalue weighted by Gasteiger charge is 2.22. The maximum Gasteiger partial charge on any atom is 0.326 e. The number of amides is 4. The molecule has 3 N–H and O–H groups in total. The molecule has 9 nitrogen and oxygen atoms in total. The van der Waals surface area contributed by atoms with Crippen molar-refractivity contribution < 1.29 is 28.7 Å². The number of hydrogen-bond acceptors (Lipinski definition) is 6. The summed E-state index contributed by atoms with van der Waals surface area (Å²) >= 11 is 0. The topological polar surface area (TPSA) is 123 Å². The molecule has 9 heteroatoms. The molecule has 0 aliphatic heterocycles. The second-order valence-corrected chi connectivity index (χ2v) is 7.73. The highest BCUT2D eigenvalue weighted by atomic mass is 16.5. The Morgan fingerprint density at radius 2 is 1.70 bits per heavy atom. The molecule has 1 aromatic rings. The number of rotatable bonds is 9. The molecular formula is C21H31N3O6. The molecule has 0 bridgehead atoms. The van der Waals surface area contributed by atoms with Gasteiger partial charge in [-0.05, 0) is 58.4 Å². The normalized spacial score (nSPS) is 11.8. The van der Waals surface area contributed by atoms with Crippen LogP contribution in [0, 0.1) is 0 Å². The predicted octanol–water partition coefficient (Wildman–Crippen LogP) is 2.15. The van der Waals surface area contributed by atoms with E-state index in [1.807, 2.05) is 0 Å². The number of imide groups is 1. The summed E-state index contributed by atoms with van der Waals surface area (Å²) in [7, 11) is 0. The van der Waals surface area contributed by atoms with Crippen molar-refractivity contribution in [2.24, 2.45) is 0 Å². The fourth-order valence-corrected chi connectivity index (χ4v) is 2.17. The highest BCUT2D eigenvalue weighted by Crippen LogP contribution is 2.12. The third kappa shape index (κ3) is 9.90. The van der Waals surface area contributed by atoms with Crippen LogP contribution < -0.4 is 20.7 Å². The van der Waals surface area contributed by atoms with Crippen LogP contribution in [0.25, 0.3) is 0 Å². The third-order valence-corrected chi connectivity index (χ3v) is 3.68. The van der Waals surface area contributed by atoms with Crippen LogP contribution in [0.4, 0.5) is 4.79 Å². The van der Waals surface area contributed by atoms with Gasteiger partial charge in [-0.25, -0.2) is 4.79 Å². The van der Waals surface area contributed by atoms with E-state index in [0.29, 0.717) is 17.9 Å². The summed E-state index contributed by atoms with van der Waals surface area (Å²) in [5, 5.41) is 7.07. The van der Waals surface area contributed by atoms with Crippen LogP contribution in [-0.2, 0) is 14.3 Å². The van der Waals surface area contributed by atoms with Gasteiger partial charge in [0.2, 0.25) is 0 Å². The summed E-state index contributed by atoms with van der Waals surface area (Å²) in [6, 6.07) is 5.85. The highest BCUT2D eigenvalue weighted by molar-refractivity contribution is 5.98. The lowest BCUT2D eigenvalue weighted by atomic mass is 10.1. The minimum absolute atomic E-state index is 0.357. The Labute approximate surface area is 176 Å². The van der Waals surface area contributed by atoms with Crippen LogP contribution in [-0.4, -0.2) is 48.6 Å². The minimum atomic E-state index is -1.19. The second kappa shape index (κ2) is 11.8. The van der Waals surface area contributed by atoms with E-state index in [1.165, 1.54) is 6.92 Å². The first-order chi connectivity index (χ1) is 14.0. The standard InChI is InChI=1S/C21H31N3O6/c1-6-7-12-29-16-10-8-15(9-11-16)19(27)22-13-17(25)30-14(2)18(26)23-20(28)24-21(3,4)5/h8-11,14H,6-7,12-13H2,1-5H3,(H,22,27)(H2,23,24,26,28)/t14-/m0/s1. The van der Waals surface area contributed by atoms with E-state index in [2.05, 4.69) is 22.9 Å². The number of unbranched alkanes of at least 4 members (excludes halogenated alkanes) is 1. The lowest BCUT2D eigenvalue weighted by Crippen LogP contribution is -2.50. The van der Waals surface area contributed by atoms with Crippen LogP contribution >= 0.6 is 0 Å². The Balaban J connectivity index is 2.41. The summed E-state index contributed by atoms with van der Waals surface area (Å²) in [6.07, 6.45) is 0.780. The van der Waals surface area contributed by atoms with E-state index in [1.54, 1.807) is 45.0 Å². The Hall–Kier alpha value is -3.10. The molecule has 0 aromatic heterocycles. The number of carbonyl (C=O) groups is 4. The van der Waals surface area contributed by atoms with Crippen molar-refractivity contribution in [1.29, 1.82) is 0 Å². The maximum atomic E-state index is 12.1. The van der Waals surface area contributed by atoms with Gasteiger partial charge in [0.15, 0.2) is 6.10 Å². The number of ether oxygens (including phenoxy) is 2. The number of hydrogen-bond donors (Lipinski definition) is 3. The first-order valence-corrected chi connectivity index (χ1v) is 9.85. The average Bonchev–Trinajstić information content (AvgIpc) is 2.65. The number of nitrogens with one attached hydrogen (secondary N) is 3. The van der Waals surface area contributed by atoms with Gasteiger partial charge in [0.05, 0.1) is 6.61 Å². The third-order valence-electron chi connectivity index (χ3n) is 3.68. The van der Waals surface area contributed by atoms with Crippen molar-refractivity contribution in [3.63, 3.8) is 0 Å². The van der Waals surface area contributed by atoms with Crippen LogP contribution in [0.2, 0.25) is 0 Å². The van der Waals surface area contributed by atoms with Crippen LogP contribution in [0.15, 0.2) is 24.3 Å². The number of urea groups is 1. The molecule has 0 fully saturated rings.